The molecule has 7 heteroatoms. The van der Waals surface area contributed by atoms with Crippen LogP contribution < -0.4 is 10.6 Å². The molecule has 0 saturated carbocycles. The number of carbonyl (C=O) groups excluding carboxylic acids is 2. The molecule has 0 atom stereocenters. The highest BCUT2D eigenvalue weighted by Crippen LogP contribution is 2.16. The lowest BCUT2D eigenvalue weighted by atomic mass is 10.1. The molecule has 1 heterocycles. The minimum atomic E-state index is -0.492. The number of urea groups is 1. The third-order valence-electron chi connectivity index (χ3n) is 4.07. The van der Waals surface area contributed by atoms with Crippen LogP contribution in [0.2, 0.25) is 0 Å². The topological polar surface area (TPSA) is 85.3 Å². The summed E-state index contributed by atoms with van der Waals surface area (Å²) in [7, 11) is 1.31. The summed E-state index contributed by atoms with van der Waals surface area (Å²) < 4.78 is 6.67. The van der Waals surface area contributed by atoms with Gasteiger partial charge in [-0.1, -0.05) is 12.1 Å². The van der Waals surface area contributed by atoms with Gasteiger partial charge in [-0.3, -0.25) is 4.68 Å². The number of nitrogens with one attached hydrogen (secondary N) is 2. The minimum absolute atomic E-state index is 0.316. The Balaban J connectivity index is 1.94. The average Bonchev–Trinajstić information content (AvgIpc) is 2.89. The highest BCUT2D eigenvalue weighted by Gasteiger charge is 2.14. The summed E-state index contributed by atoms with van der Waals surface area (Å²) in [6, 6.07) is 6.35. The molecule has 0 radical (unpaired) electrons. The molecule has 2 amide bonds. The molecule has 1 aromatic carbocycles. The fraction of sp³-hybridized carbons (Fsp3) is 0.389. The molecule has 134 valence electrons. The van der Waals surface area contributed by atoms with Crippen LogP contribution in [0.1, 0.15) is 34.2 Å². The van der Waals surface area contributed by atoms with Gasteiger partial charge in [0.25, 0.3) is 0 Å². The van der Waals surface area contributed by atoms with Gasteiger partial charge in [-0.05, 0) is 44.9 Å². The Morgan fingerprint density at radius 1 is 1.24 bits per heavy atom. The van der Waals surface area contributed by atoms with E-state index in [1.54, 1.807) is 24.3 Å². The second kappa shape index (κ2) is 8.32. The summed E-state index contributed by atoms with van der Waals surface area (Å²) in [4.78, 5) is 23.8. The SMILES string of the molecule is CCn1nc(C)c(CCNC(=O)Nc2ccccc2C(=O)OC)c1C. The van der Waals surface area contributed by atoms with E-state index in [0.29, 0.717) is 24.2 Å². The highest BCUT2D eigenvalue weighted by molar-refractivity contribution is 6.00. The molecule has 0 fully saturated rings. The summed E-state index contributed by atoms with van der Waals surface area (Å²) in [5, 5.41) is 9.96. The first-order valence-corrected chi connectivity index (χ1v) is 8.23. The molecule has 0 aliphatic rings. The number of carbonyl (C=O) groups is 2. The molecular weight excluding hydrogens is 320 g/mol. The van der Waals surface area contributed by atoms with E-state index in [1.807, 2.05) is 25.5 Å². The van der Waals surface area contributed by atoms with Crippen LogP contribution >= 0.6 is 0 Å². The second-order valence-corrected chi connectivity index (χ2v) is 5.63. The number of amides is 2. The average molecular weight is 344 g/mol. The molecule has 0 aliphatic carbocycles. The summed E-state index contributed by atoms with van der Waals surface area (Å²) in [5.41, 5.74) is 3.99. The Bertz CT molecular complexity index is 768. The highest BCUT2D eigenvalue weighted by atomic mass is 16.5. The quantitative estimate of drug-likeness (QED) is 0.789. The zero-order valence-corrected chi connectivity index (χ0v) is 15.0. The number of hydrogen-bond acceptors (Lipinski definition) is 4. The molecule has 0 bridgehead atoms. The lowest BCUT2D eigenvalue weighted by Crippen LogP contribution is -2.31. The van der Waals surface area contributed by atoms with E-state index in [4.69, 9.17) is 4.74 Å². The fourth-order valence-corrected chi connectivity index (χ4v) is 2.75. The first-order valence-electron chi connectivity index (χ1n) is 8.23. The van der Waals surface area contributed by atoms with Crippen LogP contribution in [-0.2, 0) is 17.7 Å². The Kier molecular flexibility index (Phi) is 6.16. The summed E-state index contributed by atoms with van der Waals surface area (Å²) in [6.07, 6.45) is 0.698. The van der Waals surface area contributed by atoms with E-state index in [1.165, 1.54) is 7.11 Å². The standard InChI is InChI=1S/C18H24N4O3/c1-5-22-13(3)14(12(2)21-22)10-11-19-18(24)20-16-9-7-6-8-15(16)17(23)25-4/h6-9H,5,10-11H2,1-4H3,(H2,19,20,24). The maximum Gasteiger partial charge on any atom is 0.339 e. The normalized spacial score (nSPS) is 10.4. The van der Waals surface area contributed by atoms with Gasteiger partial charge in [-0.15, -0.1) is 0 Å². The van der Waals surface area contributed by atoms with E-state index in [2.05, 4.69) is 15.7 Å². The lowest BCUT2D eigenvalue weighted by Gasteiger charge is -2.11. The van der Waals surface area contributed by atoms with E-state index < -0.39 is 5.97 Å². The summed E-state index contributed by atoms with van der Waals surface area (Å²) in [5.74, 6) is -0.492. The first kappa shape index (κ1) is 18.5. The van der Waals surface area contributed by atoms with Crippen LogP contribution in [0.25, 0.3) is 0 Å². The predicted molar refractivity (Wildman–Crippen MR) is 95.9 cm³/mol. The number of ether oxygens (including phenoxy) is 1. The molecule has 0 saturated heterocycles. The number of methoxy groups -OCH3 is 1. The van der Waals surface area contributed by atoms with Gasteiger partial charge in [0.05, 0.1) is 24.1 Å². The zero-order chi connectivity index (χ0) is 18.4. The van der Waals surface area contributed by atoms with Crippen LogP contribution in [0, 0.1) is 13.8 Å². The number of esters is 1. The maximum atomic E-state index is 12.1. The zero-order valence-electron chi connectivity index (χ0n) is 15.0. The van der Waals surface area contributed by atoms with E-state index in [-0.39, 0.29) is 6.03 Å². The van der Waals surface area contributed by atoms with Crippen molar-refractivity contribution < 1.29 is 14.3 Å². The fourth-order valence-electron chi connectivity index (χ4n) is 2.75. The number of rotatable bonds is 6. The van der Waals surface area contributed by atoms with Gasteiger partial charge in [0.15, 0.2) is 0 Å². The van der Waals surface area contributed by atoms with Gasteiger partial charge in [0, 0.05) is 18.8 Å². The van der Waals surface area contributed by atoms with E-state index in [9.17, 15) is 9.59 Å². The van der Waals surface area contributed by atoms with Gasteiger partial charge in [0.1, 0.15) is 0 Å². The van der Waals surface area contributed by atoms with Crippen LogP contribution in [0.3, 0.4) is 0 Å². The molecular formula is C18H24N4O3. The Morgan fingerprint density at radius 2 is 1.96 bits per heavy atom. The van der Waals surface area contributed by atoms with Gasteiger partial charge in [-0.2, -0.15) is 5.10 Å². The van der Waals surface area contributed by atoms with Gasteiger partial charge >= 0.3 is 12.0 Å². The molecule has 0 unspecified atom stereocenters. The maximum absolute atomic E-state index is 12.1. The Hall–Kier alpha value is -2.83. The van der Waals surface area contributed by atoms with Crippen LogP contribution in [-0.4, -0.2) is 35.4 Å². The monoisotopic (exact) mass is 344 g/mol. The predicted octanol–water partition coefficient (Wildman–Crippen LogP) is 2.67. The molecule has 25 heavy (non-hydrogen) atoms. The van der Waals surface area contributed by atoms with Crippen molar-refractivity contribution in [3.05, 3.63) is 46.8 Å². The third kappa shape index (κ3) is 4.37. The third-order valence-corrected chi connectivity index (χ3v) is 4.07. The second-order valence-electron chi connectivity index (χ2n) is 5.63. The number of aryl methyl sites for hydroxylation is 2. The van der Waals surface area contributed by atoms with E-state index in [0.717, 1.165) is 23.5 Å². The van der Waals surface area contributed by atoms with Crippen molar-refractivity contribution >= 4 is 17.7 Å². The largest absolute Gasteiger partial charge is 0.465 e. The lowest BCUT2D eigenvalue weighted by molar-refractivity contribution is 0.0602. The molecule has 2 rings (SSSR count). The van der Waals surface area contributed by atoms with Crippen molar-refractivity contribution in [3.63, 3.8) is 0 Å². The van der Waals surface area contributed by atoms with Gasteiger partial charge < -0.3 is 15.4 Å². The minimum Gasteiger partial charge on any atom is -0.465 e. The number of nitrogens with zero attached hydrogens (tertiary/aromatic N) is 2. The molecule has 0 spiro atoms. The van der Waals surface area contributed by atoms with Crippen molar-refractivity contribution in [2.24, 2.45) is 0 Å². The summed E-state index contributed by atoms with van der Waals surface area (Å²) in [6.45, 7) is 7.36. The summed E-state index contributed by atoms with van der Waals surface area (Å²) >= 11 is 0. The molecule has 1 aromatic heterocycles. The van der Waals surface area contributed by atoms with Crippen molar-refractivity contribution in [2.45, 2.75) is 33.7 Å². The van der Waals surface area contributed by atoms with Gasteiger partial charge in [0.2, 0.25) is 0 Å². The first-order chi connectivity index (χ1) is 12.0. The number of hydrogen-bond donors (Lipinski definition) is 2. The van der Waals surface area contributed by atoms with Crippen LogP contribution in [0.15, 0.2) is 24.3 Å². The molecule has 7 nitrogen and oxygen atoms in total. The van der Waals surface area contributed by atoms with Crippen LogP contribution in [0.4, 0.5) is 10.5 Å². The van der Waals surface area contributed by atoms with Crippen molar-refractivity contribution in [1.29, 1.82) is 0 Å². The smallest absolute Gasteiger partial charge is 0.339 e. The Morgan fingerprint density at radius 3 is 2.60 bits per heavy atom. The molecule has 2 N–H and O–H groups in total. The number of aromatic nitrogens is 2. The van der Waals surface area contributed by atoms with E-state index >= 15 is 0 Å². The molecule has 2 aromatic rings. The molecule has 0 aliphatic heterocycles. The van der Waals surface area contributed by atoms with Crippen molar-refractivity contribution in [2.75, 3.05) is 19.0 Å². The van der Waals surface area contributed by atoms with Crippen LogP contribution in [0.5, 0.6) is 0 Å². The number of benzene rings is 1. The van der Waals surface area contributed by atoms with Crippen molar-refractivity contribution in [3.8, 4) is 0 Å². The number of para-hydroxylation sites is 1. The number of anilines is 1. The van der Waals surface area contributed by atoms with Gasteiger partial charge in [-0.25, -0.2) is 9.59 Å². The van der Waals surface area contributed by atoms with Crippen molar-refractivity contribution in [1.82, 2.24) is 15.1 Å². The Labute approximate surface area is 147 Å².